The Morgan fingerprint density at radius 3 is 2.86 bits per heavy atom. The highest BCUT2D eigenvalue weighted by molar-refractivity contribution is 5.98. The van der Waals surface area contributed by atoms with E-state index in [0.29, 0.717) is 37.7 Å². The fourth-order valence-electron chi connectivity index (χ4n) is 2.16. The van der Waals surface area contributed by atoms with Crippen molar-refractivity contribution in [2.45, 2.75) is 20.1 Å². The fourth-order valence-corrected chi connectivity index (χ4v) is 2.16. The van der Waals surface area contributed by atoms with Gasteiger partial charge < -0.3 is 24.8 Å². The maximum absolute atomic E-state index is 12.3. The molecule has 0 fully saturated rings. The molecular formula is C15H22N2O4. The number of fused-ring (bicyclic) bond motifs is 1. The van der Waals surface area contributed by atoms with Crippen LogP contribution in [0.4, 0.5) is 5.69 Å². The molecule has 116 valence electrons. The van der Waals surface area contributed by atoms with E-state index in [-0.39, 0.29) is 5.91 Å². The highest BCUT2D eigenvalue weighted by atomic mass is 16.7. The highest BCUT2D eigenvalue weighted by Gasteiger charge is 2.19. The smallest absolute Gasteiger partial charge is 0.255 e. The van der Waals surface area contributed by atoms with Gasteiger partial charge in [-0.05, 0) is 26.0 Å². The van der Waals surface area contributed by atoms with Crippen molar-refractivity contribution in [2.24, 2.45) is 0 Å². The fraction of sp³-hybridized carbons (Fsp3) is 0.533. The number of nitrogens with one attached hydrogen (secondary N) is 2. The number of hydrogen-bond donors (Lipinski definition) is 2. The van der Waals surface area contributed by atoms with Crippen molar-refractivity contribution in [1.82, 2.24) is 5.32 Å². The zero-order valence-electron chi connectivity index (χ0n) is 12.5. The van der Waals surface area contributed by atoms with Gasteiger partial charge in [0.05, 0.1) is 17.8 Å². The number of benzene rings is 1. The lowest BCUT2D eigenvalue weighted by atomic mass is 10.1. The summed E-state index contributed by atoms with van der Waals surface area (Å²) in [7, 11) is 0. The van der Waals surface area contributed by atoms with Gasteiger partial charge in [-0.3, -0.25) is 4.79 Å². The maximum atomic E-state index is 12.3. The van der Waals surface area contributed by atoms with Gasteiger partial charge in [-0.25, -0.2) is 0 Å². The monoisotopic (exact) mass is 294 g/mol. The van der Waals surface area contributed by atoms with Crippen LogP contribution in [-0.2, 0) is 9.47 Å². The SMILES string of the molecule is CCOC(CNC(=O)c1cccc2c1OCCN2)OCC. The predicted molar refractivity (Wildman–Crippen MR) is 79.8 cm³/mol. The van der Waals surface area contributed by atoms with Crippen LogP contribution < -0.4 is 15.4 Å². The molecule has 0 saturated carbocycles. The van der Waals surface area contributed by atoms with E-state index in [4.69, 9.17) is 14.2 Å². The molecule has 0 unspecified atom stereocenters. The number of para-hydroxylation sites is 1. The van der Waals surface area contributed by atoms with Crippen molar-refractivity contribution in [3.8, 4) is 5.75 Å². The minimum atomic E-state index is -0.428. The predicted octanol–water partition coefficient (Wildman–Crippen LogP) is 1.62. The van der Waals surface area contributed by atoms with E-state index in [9.17, 15) is 4.79 Å². The van der Waals surface area contributed by atoms with Gasteiger partial charge in [0.25, 0.3) is 5.91 Å². The number of anilines is 1. The summed E-state index contributed by atoms with van der Waals surface area (Å²) in [5, 5.41) is 6.03. The van der Waals surface area contributed by atoms with Crippen molar-refractivity contribution in [3.63, 3.8) is 0 Å². The Kier molecular flexibility index (Phi) is 5.83. The molecule has 2 N–H and O–H groups in total. The molecule has 1 heterocycles. The number of carbonyl (C=O) groups is 1. The summed E-state index contributed by atoms with van der Waals surface area (Å²) in [5.41, 5.74) is 1.37. The second kappa shape index (κ2) is 7.85. The van der Waals surface area contributed by atoms with Crippen LogP contribution in [0.15, 0.2) is 18.2 Å². The number of rotatable bonds is 7. The third-order valence-electron chi connectivity index (χ3n) is 3.06. The van der Waals surface area contributed by atoms with Crippen LogP contribution in [0.25, 0.3) is 0 Å². The summed E-state index contributed by atoms with van der Waals surface area (Å²) in [6, 6.07) is 5.48. The number of hydrogen-bond acceptors (Lipinski definition) is 5. The summed E-state index contributed by atoms with van der Waals surface area (Å²) in [6.07, 6.45) is -0.428. The summed E-state index contributed by atoms with van der Waals surface area (Å²) < 4.78 is 16.4. The Bertz CT molecular complexity index is 473. The van der Waals surface area contributed by atoms with Crippen LogP contribution in [0, 0.1) is 0 Å². The third-order valence-corrected chi connectivity index (χ3v) is 3.06. The molecule has 6 heteroatoms. The first-order valence-electron chi connectivity index (χ1n) is 7.27. The summed E-state index contributed by atoms with van der Waals surface area (Å²) in [4.78, 5) is 12.3. The molecule has 6 nitrogen and oxygen atoms in total. The van der Waals surface area contributed by atoms with E-state index in [1.165, 1.54) is 0 Å². The quantitative estimate of drug-likeness (QED) is 0.748. The van der Waals surface area contributed by atoms with Crippen molar-refractivity contribution in [2.75, 3.05) is 38.2 Å². The van der Waals surface area contributed by atoms with Crippen LogP contribution in [0.1, 0.15) is 24.2 Å². The van der Waals surface area contributed by atoms with Crippen LogP contribution in [-0.4, -0.2) is 45.1 Å². The molecule has 0 aromatic heterocycles. The van der Waals surface area contributed by atoms with Crippen molar-refractivity contribution >= 4 is 11.6 Å². The Morgan fingerprint density at radius 1 is 1.38 bits per heavy atom. The summed E-state index contributed by atoms with van der Waals surface area (Å²) in [5.74, 6) is 0.408. The van der Waals surface area contributed by atoms with Gasteiger partial charge >= 0.3 is 0 Å². The van der Waals surface area contributed by atoms with Crippen molar-refractivity contribution in [3.05, 3.63) is 23.8 Å². The molecule has 1 aliphatic heterocycles. The largest absolute Gasteiger partial charge is 0.489 e. The summed E-state index contributed by atoms with van der Waals surface area (Å²) >= 11 is 0. The first kappa shape index (κ1) is 15.6. The van der Waals surface area contributed by atoms with Crippen molar-refractivity contribution < 1.29 is 19.0 Å². The topological polar surface area (TPSA) is 68.8 Å². The molecule has 1 aromatic rings. The van der Waals surface area contributed by atoms with Crippen LogP contribution in [0.2, 0.25) is 0 Å². The van der Waals surface area contributed by atoms with Gasteiger partial charge in [-0.2, -0.15) is 0 Å². The van der Waals surface area contributed by atoms with Gasteiger partial charge in [-0.15, -0.1) is 0 Å². The van der Waals surface area contributed by atoms with Gasteiger partial charge in [0.15, 0.2) is 12.0 Å². The third kappa shape index (κ3) is 4.09. The minimum Gasteiger partial charge on any atom is -0.489 e. The van der Waals surface area contributed by atoms with E-state index < -0.39 is 6.29 Å². The normalized spacial score (nSPS) is 13.3. The Morgan fingerprint density at radius 2 is 2.14 bits per heavy atom. The van der Waals surface area contributed by atoms with Gasteiger partial charge in [0.2, 0.25) is 0 Å². The lowest BCUT2D eigenvalue weighted by Gasteiger charge is -2.22. The van der Waals surface area contributed by atoms with Crippen LogP contribution in [0.5, 0.6) is 5.75 Å². The molecular weight excluding hydrogens is 272 g/mol. The zero-order chi connectivity index (χ0) is 15.1. The number of amides is 1. The molecule has 1 amide bonds. The Balaban J connectivity index is 2.00. The molecule has 0 aliphatic carbocycles. The van der Waals surface area contributed by atoms with E-state index in [1.54, 1.807) is 6.07 Å². The molecule has 0 spiro atoms. The summed E-state index contributed by atoms with van der Waals surface area (Å²) in [6.45, 7) is 6.45. The molecule has 0 bridgehead atoms. The first-order chi connectivity index (χ1) is 10.3. The van der Waals surface area contributed by atoms with Crippen molar-refractivity contribution in [1.29, 1.82) is 0 Å². The average molecular weight is 294 g/mol. The number of carbonyl (C=O) groups excluding carboxylic acids is 1. The Labute approximate surface area is 124 Å². The molecule has 1 aliphatic rings. The van der Waals surface area contributed by atoms with Gasteiger partial charge in [0.1, 0.15) is 6.61 Å². The second-order valence-corrected chi connectivity index (χ2v) is 4.51. The van der Waals surface area contributed by atoms with E-state index >= 15 is 0 Å². The molecule has 0 saturated heterocycles. The van der Waals surface area contributed by atoms with Crippen LogP contribution >= 0.6 is 0 Å². The van der Waals surface area contributed by atoms with Gasteiger partial charge in [-0.1, -0.05) is 6.07 Å². The molecule has 0 atom stereocenters. The molecule has 21 heavy (non-hydrogen) atoms. The molecule has 1 aromatic carbocycles. The maximum Gasteiger partial charge on any atom is 0.255 e. The number of ether oxygens (including phenoxy) is 3. The first-order valence-corrected chi connectivity index (χ1v) is 7.27. The molecule has 2 rings (SSSR count). The highest BCUT2D eigenvalue weighted by Crippen LogP contribution is 2.30. The zero-order valence-corrected chi connectivity index (χ0v) is 12.5. The Hall–Kier alpha value is -1.79. The minimum absolute atomic E-state index is 0.194. The molecule has 0 radical (unpaired) electrons. The lowest BCUT2D eigenvalue weighted by molar-refractivity contribution is -0.131. The van der Waals surface area contributed by atoms with E-state index in [2.05, 4.69) is 10.6 Å². The second-order valence-electron chi connectivity index (χ2n) is 4.51. The lowest BCUT2D eigenvalue weighted by Crippen LogP contribution is -2.36. The van der Waals surface area contributed by atoms with Crippen LogP contribution in [0.3, 0.4) is 0 Å². The van der Waals surface area contributed by atoms with E-state index in [1.807, 2.05) is 26.0 Å². The standard InChI is InChI=1S/C15H22N2O4/c1-3-19-13(20-4-2)10-17-15(18)11-6-5-7-12-14(11)21-9-8-16-12/h5-7,13,16H,3-4,8-10H2,1-2H3,(H,17,18). The average Bonchev–Trinajstić information content (AvgIpc) is 2.52. The van der Waals surface area contributed by atoms with E-state index in [0.717, 1.165) is 12.2 Å². The van der Waals surface area contributed by atoms with Gasteiger partial charge in [0, 0.05) is 19.8 Å².